The topological polar surface area (TPSA) is 122 Å². The maximum absolute atomic E-state index is 12.1. The van der Waals surface area contributed by atoms with Crippen molar-refractivity contribution in [3.8, 4) is 17.1 Å². The van der Waals surface area contributed by atoms with Gasteiger partial charge in [0.1, 0.15) is 17.2 Å². The zero-order valence-corrected chi connectivity index (χ0v) is 17.4. The number of nitrogens with two attached hydrogens (primary N) is 1. The summed E-state index contributed by atoms with van der Waals surface area (Å²) in [5.41, 5.74) is 9.88. The molecule has 0 saturated carbocycles. The van der Waals surface area contributed by atoms with Gasteiger partial charge in [0.15, 0.2) is 11.5 Å². The van der Waals surface area contributed by atoms with Crippen molar-refractivity contribution in [2.75, 3.05) is 30.3 Å². The third kappa shape index (κ3) is 3.63. The van der Waals surface area contributed by atoms with Crippen LogP contribution in [0.1, 0.15) is 12.0 Å². The molecule has 0 atom stereocenters. The summed E-state index contributed by atoms with van der Waals surface area (Å²) >= 11 is 0. The molecular weight excluding hydrogens is 406 g/mol. The minimum Gasteiger partial charge on any atom is -0.392 e. The van der Waals surface area contributed by atoms with Crippen LogP contribution < -0.4 is 16.0 Å². The number of anilines is 2. The van der Waals surface area contributed by atoms with Gasteiger partial charge in [-0.25, -0.2) is 15.0 Å². The zero-order chi connectivity index (χ0) is 22.1. The number of rotatable bonds is 4. The highest BCUT2D eigenvalue weighted by atomic mass is 16.3. The molecule has 0 bridgehead atoms. The highest BCUT2D eigenvalue weighted by molar-refractivity contribution is 5.85. The largest absolute Gasteiger partial charge is 0.392 e. The maximum atomic E-state index is 12.1. The van der Waals surface area contributed by atoms with Gasteiger partial charge in [-0.1, -0.05) is 12.1 Å². The molecule has 0 radical (unpaired) electrons. The smallest absolute Gasteiger partial charge is 0.239 e. The van der Waals surface area contributed by atoms with Crippen LogP contribution in [-0.2, 0) is 11.4 Å². The zero-order valence-electron chi connectivity index (χ0n) is 17.4. The Labute approximate surface area is 184 Å². The SMILES string of the molecule is Nc1ncccc1-c1nc2ccc(N3CCCNC(=O)C3)nc2n1-c1ccc(CO)cc1. The van der Waals surface area contributed by atoms with E-state index in [4.69, 9.17) is 15.7 Å². The standard InChI is InChI=1S/C23H23N7O2/c24-21-17(3-1-10-26-21)22-27-18-8-9-19(29-12-2-11-25-20(32)13-29)28-23(18)30(22)16-6-4-15(14-31)5-7-16/h1,3-10,31H,2,11-14H2,(H2,24,26)(H,25,32). The molecule has 5 rings (SSSR count). The van der Waals surface area contributed by atoms with E-state index in [0.29, 0.717) is 40.7 Å². The molecule has 32 heavy (non-hydrogen) atoms. The van der Waals surface area contributed by atoms with Crippen LogP contribution in [0.25, 0.3) is 28.2 Å². The van der Waals surface area contributed by atoms with Crippen molar-refractivity contribution < 1.29 is 9.90 Å². The first kappa shape index (κ1) is 20.0. The maximum Gasteiger partial charge on any atom is 0.239 e. The van der Waals surface area contributed by atoms with Gasteiger partial charge in [0.05, 0.1) is 18.7 Å². The number of hydrogen-bond acceptors (Lipinski definition) is 7. The molecule has 4 aromatic rings. The molecule has 4 heterocycles. The lowest BCUT2D eigenvalue weighted by atomic mass is 10.2. The van der Waals surface area contributed by atoms with Crippen molar-refractivity contribution in [1.29, 1.82) is 0 Å². The number of fused-ring (bicyclic) bond motifs is 1. The van der Waals surface area contributed by atoms with Gasteiger partial charge in [0.25, 0.3) is 0 Å². The number of nitrogens with zero attached hydrogens (tertiary/aromatic N) is 5. The van der Waals surface area contributed by atoms with Gasteiger partial charge in [0, 0.05) is 25.0 Å². The Balaban J connectivity index is 1.70. The van der Waals surface area contributed by atoms with E-state index in [9.17, 15) is 9.90 Å². The van der Waals surface area contributed by atoms with E-state index in [0.717, 1.165) is 24.2 Å². The third-order valence-electron chi connectivity index (χ3n) is 5.53. The van der Waals surface area contributed by atoms with E-state index >= 15 is 0 Å². The van der Waals surface area contributed by atoms with E-state index in [2.05, 4.69) is 10.3 Å². The van der Waals surface area contributed by atoms with Crippen molar-refractivity contribution in [2.45, 2.75) is 13.0 Å². The van der Waals surface area contributed by atoms with Crippen LogP contribution >= 0.6 is 0 Å². The molecule has 3 aromatic heterocycles. The molecule has 1 aliphatic rings. The quantitative estimate of drug-likeness (QED) is 0.453. The Morgan fingerprint density at radius 1 is 1.09 bits per heavy atom. The van der Waals surface area contributed by atoms with Crippen LogP contribution in [0.3, 0.4) is 0 Å². The summed E-state index contributed by atoms with van der Waals surface area (Å²) in [6, 6.07) is 15.0. The van der Waals surface area contributed by atoms with Crippen molar-refractivity contribution >= 4 is 28.7 Å². The number of imidazole rings is 1. The summed E-state index contributed by atoms with van der Waals surface area (Å²) in [6.45, 7) is 1.63. The number of aliphatic hydroxyl groups excluding tert-OH is 1. The monoisotopic (exact) mass is 429 g/mol. The summed E-state index contributed by atoms with van der Waals surface area (Å²) in [5.74, 6) is 1.70. The van der Waals surface area contributed by atoms with Gasteiger partial charge < -0.3 is 21.1 Å². The first-order chi connectivity index (χ1) is 15.6. The van der Waals surface area contributed by atoms with E-state index in [1.807, 2.05) is 58.0 Å². The van der Waals surface area contributed by atoms with Crippen molar-refractivity contribution in [3.05, 3.63) is 60.3 Å². The lowest BCUT2D eigenvalue weighted by molar-refractivity contribution is -0.119. The van der Waals surface area contributed by atoms with Crippen molar-refractivity contribution in [1.82, 2.24) is 24.8 Å². The van der Waals surface area contributed by atoms with Gasteiger partial charge in [-0.05, 0) is 48.4 Å². The normalized spacial score (nSPS) is 14.4. The number of benzene rings is 1. The second-order valence-corrected chi connectivity index (χ2v) is 7.67. The van der Waals surface area contributed by atoms with E-state index in [-0.39, 0.29) is 19.1 Å². The van der Waals surface area contributed by atoms with Gasteiger partial charge in [0.2, 0.25) is 5.91 Å². The molecule has 1 amide bonds. The van der Waals surface area contributed by atoms with Crippen LogP contribution in [0, 0.1) is 0 Å². The van der Waals surface area contributed by atoms with Crippen molar-refractivity contribution in [3.63, 3.8) is 0 Å². The van der Waals surface area contributed by atoms with Crippen LogP contribution in [0.15, 0.2) is 54.7 Å². The minimum atomic E-state index is -0.0349. The number of amides is 1. The fourth-order valence-corrected chi connectivity index (χ4v) is 3.91. The molecule has 9 nitrogen and oxygen atoms in total. The first-order valence-electron chi connectivity index (χ1n) is 10.5. The molecule has 0 spiro atoms. The van der Waals surface area contributed by atoms with Crippen LogP contribution in [-0.4, -0.2) is 50.2 Å². The second-order valence-electron chi connectivity index (χ2n) is 7.67. The first-order valence-corrected chi connectivity index (χ1v) is 10.5. The second kappa shape index (κ2) is 8.27. The molecule has 0 aliphatic carbocycles. The predicted octanol–water partition coefficient (Wildman–Crippen LogP) is 1.88. The number of pyridine rings is 2. The van der Waals surface area contributed by atoms with Crippen LogP contribution in [0.5, 0.6) is 0 Å². The fourth-order valence-electron chi connectivity index (χ4n) is 3.91. The summed E-state index contributed by atoms with van der Waals surface area (Å²) in [4.78, 5) is 28.0. The number of carbonyl (C=O) groups is 1. The molecule has 1 saturated heterocycles. The lowest BCUT2D eigenvalue weighted by Gasteiger charge is -2.20. The average molecular weight is 429 g/mol. The van der Waals surface area contributed by atoms with Gasteiger partial charge in [-0.3, -0.25) is 9.36 Å². The molecule has 0 unspecified atom stereocenters. The fraction of sp³-hybridized carbons (Fsp3) is 0.217. The molecule has 1 aromatic carbocycles. The number of aromatic nitrogens is 4. The van der Waals surface area contributed by atoms with Gasteiger partial charge in [-0.15, -0.1) is 0 Å². The van der Waals surface area contributed by atoms with E-state index in [1.165, 1.54) is 0 Å². The Morgan fingerprint density at radius 3 is 2.72 bits per heavy atom. The van der Waals surface area contributed by atoms with Crippen LogP contribution in [0.2, 0.25) is 0 Å². The van der Waals surface area contributed by atoms with E-state index in [1.54, 1.807) is 6.20 Å². The number of aliphatic hydroxyl groups is 1. The molecule has 1 fully saturated rings. The van der Waals surface area contributed by atoms with E-state index < -0.39 is 0 Å². The summed E-state index contributed by atoms with van der Waals surface area (Å²) in [6.07, 6.45) is 2.49. The van der Waals surface area contributed by atoms with Crippen molar-refractivity contribution in [2.24, 2.45) is 0 Å². The number of nitrogen functional groups attached to an aromatic ring is 1. The molecule has 9 heteroatoms. The van der Waals surface area contributed by atoms with Gasteiger partial charge in [-0.2, -0.15) is 0 Å². The average Bonchev–Trinajstić information content (AvgIpc) is 3.05. The highest BCUT2D eigenvalue weighted by Gasteiger charge is 2.21. The molecule has 1 aliphatic heterocycles. The predicted molar refractivity (Wildman–Crippen MR) is 122 cm³/mol. The van der Waals surface area contributed by atoms with Crippen LogP contribution in [0.4, 0.5) is 11.6 Å². The number of nitrogens with one attached hydrogen (secondary N) is 1. The summed E-state index contributed by atoms with van der Waals surface area (Å²) in [5, 5.41) is 12.3. The highest BCUT2D eigenvalue weighted by Crippen LogP contribution is 2.31. The number of carbonyl (C=O) groups excluding carboxylic acids is 1. The Kier molecular flexibility index (Phi) is 5.16. The minimum absolute atomic E-state index is 0.0127. The Bertz CT molecular complexity index is 1280. The lowest BCUT2D eigenvalue weighted by Crippen LogP contribution is -2.33. The summed E-state index contributed by atoms with van der Waals surface area (Å²) in [7, 11) is 0. The third-order valence-corrected chi connectivity index (χ3v) is 5.53. The molecule has 162 valence electrons. The number of hydrogen-bond donors (Lipinski definition) is 3. The Hall–Kier alpha value is -3.98. The Morgan fingerprint density at radius 2 is 1.94 bits per heavy atom. The van der Waals surface area contributed by atoms with Gasteiger partial charge >= 0.3 is 0 Å². The molecule has 4 N–H and O–H groups in total. The summed E-state index contributed by atoms with van der Waals surface area (Å²) < 4.78 is 1.94. The molecular formula is C23H23N7O2.